The van der Waals surface area contributed by atoms with E-state index in [9.17, 15) is 15.3 Å². The molecule has 1 aromatic carbocycles. The van der Waals surface area contributed by atoms with Crippen LogP contribution in [0.4, 0.5) is 0 Å². The molecule has 0 saturated carbocycles. The van der Waals surface area contributed by atoms with Crippen LogP contribution in [0.25, 0.3) is 0 Å². The van der Waals surface area contributed by atoms with Crippen LogP contribution in [0.15, 0.2) is 12.1 Å². The molecule has 1 unspecified atom stereocenters. The monoisotopic (exact) mass is 350 g/mol. The van der Waals surface area contributed by atoms with Gasteiger partial charge < -0.3 is 15.3 Å². The minimum atomic E-state index is -0.134. The van der Waals surface area contributed by atoms with Crippen molar-refractivity contribution >= 4 is 0 Å². The van der Waals surface area contributed by atoms with Gasteiger partial charge in [-0.05, 0) is 35.7 Å². The molecule has 0 aromatic heterocycles. The van der Waals surface area contributed by atoms with Gasteiger partial charge in [-0.3, -0.25) is 0 Å². The molecule has 0 amide bonds. The van der Waals surface area contributed by atoms with E-state index < -0.39 is 0 Å². The number of hydrogen-bond acceptors (Lipinski definition) is 3. The standard InChI is InChI=1S/C22H38O3/c1-7-10-21(3,4)18-13-17(16(15-24)9-12-23)14-19(20(18)25)22(5,6)11-8-2/h13-14,16,23-25H,7-12,15H2,1-6H3. The van der Waals surface area contributed by atoms with E-state index in [1.54, 1.807) is 0 Å². The molecule has 25 heavy (non-hydrogen) atoms. The van der Waals surface area contributed by atoms with Gasteiger partial charge in [0.2, 0.25) is 0 Å². The van der Waals surface area contributed by atoms with E-state index in [1.165, 1.54) is 0 Å². The normalized spacial score (nSPS) is 13.9. The zero-order chi connectivity index (χ0) is 19.3. The molecule has 3 nitrogen and oxygen atoms in total. The average Bonchev–Trinajstić information content (AvgIpc) is 2.52. The Bertz CT molecular complexity index is 507. The first-order chi connectivity index (χ1) is 11.6. The molecule has 0 bridgehead atoms. The lowest BCUT2D eigenvalue weighted by atomic mass is 9.72. The van der Waals surface area contributed by atoms with Gasteiger partial charge in [0.1, 0.15) is 5.75 Å². The Balaban J connectivity index is 3.61. The van der Waals surface area contributed by atoms with Crippen molar-refractivity contribution in [1.82, 2.24) is 0 Å². The first-order valence-corrected chi connectivity index (χ1v) is 9.74. The molecule has 3 heteroatoms. The van der Waals surface area contributed by atoms with E-state index in [1.807, 2.05) is 12.1 Å². The molecule has 0 aliphatic heterocycles. The molecule has 0 saturated heterocycles. The minimum Gasteiger partial charge on any atom is -0.507 e. The van der Waals surface area contributed by atoms with Crippen LogP contribution in [0.1, 0.15) is 96.3 Å². The number of aliphatic hydroxyl groups is 2. The zero-order valence-electron chi connectivity index (χ0n) is 17.0. The number of aliphatic hydroxyl groups excluding tert-OH is 2. The summed E-state index contributed by atoms with van der Waals surface area (Å²) in [5, 5.41) is 30.3. The molecule has 0 spiro atoms. The summed E-state index contributed by atoms with van der Waals surface area (Å²) in [5.41, 5.74) is 2.67. The van der Waals surface area contributed by atoms with Gasteiger partial charge in [0.15, 0.2) is 0 Å². The predicted molar refractivity (Wildman–Crippen MR) is 106 cm³/mol. The van der Waals surface area contributed by atoms with Crippen LogP contribution in [0, 0.1) is 0 Å². The van der Waals surface area contributed by atoms with Gasteiger partial charge in [0.05, 0.1) is 6.61 Å². The van der Waals surface area contributed by atoms with Crippen LogP contribution < -0.4 is 0 Å². The van der Waals surface area contributed by atoms with E-state index in [2.05, 4.69) is 41.5 Å². The minimum absolute atomic E-state index is 0.00658. The highest BCUT2D eigenvalue weighted by Gasteiger charge is 2.31. The fourth-order valence-electron chi connectivity index (χ4n) is 3.96. The van der Waals surface area contributed by atoms with Gasteiger partial charge in [-0.2, -0.15) is 0 Å². The van der Waals surface area contributed by atoms with Crippen LogP contribution >= 0.6 is 0 Å². The average molecular weight is 351 g/mol. The molecule has 1 rings (SSSR count). The molecule has 0 fully saturated rings. The quantitative estimate of drug-likeness (QED) is 0.556. The third kappa shape index (κ3) is 5.21. The van der Waals surface area contributed by atoms with Crippen molar-refractivity contribution < 1.29 is 15.3 Å². The van der Waals surface area contributed by atoms with Crippen molar-refractivity contribution in [2.45, 2.75) is 90.4 Å². The van der Waals surface area contributed by atoms with Gasteiger partial charge in [0, 0.05) is 23.7 Å². The fourth-order valence-corrected chi connectivity index (χ4v) is 3.96. The molecule has 144 valence electrons. The summed E-state index contributed by atoms with van der Waals surface area (Å²) in [7, 11) is 0. The van der Waals surface area contributed by atoms with Gasteiger partial charge in [-0.1, -0.05) is 66.5 Å². The highest BCUT2D eigenvalue weighted by molar-refractivity contribution is 5.51. The number of phenols is 1. The SMILES string of the molecule is CCCC(C)(C)c1cc(C(CO)CCO)cc(C(C)(C)CCC)c1O. The second kappa shape index (κ2) is 9.05. The number of hydrogen-bond donors (Lipinski definition) is 3. The molecule has 0 aliphatic rings. The van der Waals surface area contributed by atoms with Crippen molar-refractivity contribution in [2.75, 3.05) is 13.2 Å². The molecule has 3 N–H and O–H groups in total. The summed E-state index contributed by atoms with van der Waals surface area (Å²) in [6, 6.07) is 4.10. The Labute approximate surface area is 154 Å². The molecule has 0 heterocycles. The summed E-state index contributed by atoms with van der Waals surface area (Å²) in [6.45, 7) is 13.1. The lowest BCUT2D eigenvalue weighted by Crippen LogP contribution is -2.23. The second-order valence-electron chi connectivity index (χ2n) is 8.62. The van der Waals surface area contributed by atoms with E-state index >= 15 is 0 Å². The van der Waals surface area contributed by atoms with Crippen LogP contribution in [0.5, 0.6) is 5.75 Å². The molecular weight excluding hydrogens is 312 g/mol. The molecule has 0 radical (unpaired) electrons. The van der Waals surface area contributed by atoms with Crippen LogP contribution in [0.3, 0.4) is 0 Å². The predicted octanol–water partition coefficient (Wildman–Crippen LogP) is 5.01. The first-order valence-electron chi connectivity index (χ1n) is 9.74. The van der Waals surface area contributed by atoms with Crippen molar-refractivity contribution in [3.63, 3.8) is 0 Å². The van der Waals surface area contributed by atoms with Gasteiger partial charge in [0.25, 0.3) is 0 Å². The summed E-state index contributed by atoms with van der Waals surface area (Å²) in [5.74, 6) is 0.305. The summed E-state index contributed by atoms with van der Waals surface area (Å²) < 4.78 is 0. The lowest BCUT2D eigenvalue weighted by Gasteiger charge is -2.33. The van der Waals surface area contributed by atoms with Crippen molar-refractivity contribution in [2.24, 2.45) is 0 Å². The van der Waals surface area contributed by atoms with Crippen molar-refractivity contribution in [1.29, 1.82) is 0 Å². The van der Waals surface area contributed by atoms with E-state index in [-0.39, 0.29) is 30.0 Å². The Morgan fingerprint density at radius 2 is 1.32 bits per heavy atom. The maximum atomic E-state index is 11.1. The van der Waals surface area contributed by atoms with E-state index in [0.717, 1.165) is 42.4 Å². The topological polar surface area (TPSA) is 60.7 Å². The van der Waals surface area contributed by atoms with Crippen molar-refractivity contribution in [3.8, 4) is 5.75 Å². The molecule has 1 aromatic rings. The van der Waals surface area contributed by atoms with E-state index in [4.69, 9.17) is 0 Å². The van der Waals surface area contributed by atoms with E-state index in [0.29, 0.717) is 12.2 Å². The van der Waals surface area contributed by atoms with Gasteiger partial charge in [-0.25, -0.2) is 0 Å². The highest BCUT2D eigenvalue weighted by Crippen LogP contribution is 2.44. The second-order valence-corrected chi connectivity index (χ2v) is 8.62. The number of aromatic hydroxyl groups is 1. The highest BCUT2D eigenvalue weighted by atomic mass is 16.3. The molecular formula is C22H38O3. The third-order valence-electron chi connectivity index (χ3n) is 5.51. The molecule has 0 aliphatic carbocycles. The smallest absolute Gasteiger partial charge is 0.123 e. The van der Waals surface area contributed by atoms with Crippen LogP contribution in [-0.2, 0) is 10.8 Å². The zero-order valence-corrected chi connectivity index (χ0v) is 17.0. The maximum Gasteiger partial charge on any atom is 0.123 e. The third-order valence-corrected chi connectivity index (χ3v) is 5.51. The van der Waals surface area contributed by atoms with Gasteiger partial charge >= 0.3 is 0 Å². The number of benzene rings is 1. The summed E-state index contributed by atoms with van der Waals surface area (Å²) in [4.78, 5) is 0. The van der Waals surface area contributed by atoms with Gasteiger partial charge in [-0.15, -0.1) is 0 Å². The summed E-state index contributed by atoms with van der Waals surface area (Å²) in [6.07, 6.45) is 4.60. The van der Waals surface area contributed by atoms with Crippen molar-refractivity contribution in [3.05, 3.63) is 28.8 Å². The first kappa shape index (κ1) is 22.0. The Morgan fingerprint density at radius 3 is 1.64 bits per heavy atom. The van der Waals surface area contributed by atoms with Crippen LogP contribution in [0.2, 0.25) is 0 Å². The molecule has 1 atom stereocenters. The Morgan fingerprint density at radius 1 is 0.880 bits per heavy atom. The Hall–Kier alpha value is -1.06. The number of phenolic OH excluding ortho intramolecular Hbond substituents is 1. The lowest BCUT2D eigenvalue weighted by molar-refractivity contribution is 0.219. The maximum absolute atomic E-state index is 11.1. The Kier molecular flexibility index (Phi) is 7.95. The van der Waals surface area contributed by atoms with Crippen LogP contribution in [-0.4, -0.2) is 28.5 Å². The summed E-state index contributed by atoms with van der Waals surface area (Å²) >= 11 is 0. The fraction of sp³-hybridized carbons (Fsp3) is 0.727. The number of rotatable bonds is 10. The largest absolute Gasteiger partial charge is 0.507 e.